The van der Waals surface area contributed by atoms with Crippen molar-refractivity contribution in [1.29, 1.82) is 0 Å². The zero-order valence-electron chi connectivity index (χ0n) is 8.29. The van der Waals surface area contributed by atoms with Gasteiger partial charge in [-0.05, 0) is 12.8 Å². The van der Waals surface area contributed by atoms with Gasteiger partial charge in [-0.3, -0.25) is 4.79 Å². The van der Waals surface area contributed by atoms with Gasteiger partial charge in [-0.1, -0.05) is 13.8 Å². The molecule has 1 rings (SSSR count). The average Bonchev–Trinajstić information content (AvgIpc) is 2.45. The Morgan fingerprint density at radius 1 is 1.57 bits per heavy atom. The lowest BCUT2D eigenvalue weighted by Crippen LogP contribution is -2.37. The molecule has 4 nitrogen and oxygen atoms in total. The average molecular weight is 240 g/mol. The van der Waals surface area contributed by atoms with Crippen LogP contribution in [0.4, 0.5) is 0 Å². The monoisotopic (exact) mass is 239 g/mol. The van der Waals surface area contributed by atoms with Crippen molar-refractivity contribution in [2.24, 2.45) is 5.41 Å². The maximum atomic E-state index is 11.8. The quantitative estimate of drug-likeness (QED) is 0.695. The van der Waals surface area contributed by atoms with Gasteiger partial charge < -0.3 is 0 Å². The van der Waals surface area contributed by atoms with Crippen LogP contribution >= 0.6 is 11.6 Å². The first-order valence-electron chi connectivity index (χ1n) is 4.48. The second-order valence-corrected chi connectivity index (χ2v) is 6.24. The van der Waals surface area contributed by atoms with E-state index in [0.717, 1.165) is 4.31 Å². The number of carbonyl (C=O) groups is 1. The summed E-state index contributed by atoms with van der Waals surface area (Å²) in [5.41, 5.74) is -0.529. The number of amides is 1. The van der Waals surface area contributed by atoms with E-state index in [4.69, 9.17) is 11.6 Å². The molecule has 0 radical (unpaired) electrons. The summed E-state index contributed by atoms with van der Waals surface area (Å²) >= 11 is 5.29. The van der Waals surface area contributed by atoms with E-state index in [1.54, 1.807) is 6.92 Å². The highest BCUT2D eigenvalue weighted by molar-refractivity contribution is 7.90. The van der Waals surface area contributed by atoms with Crippen LogP contribution in [0.1, 0.15) is 26.7 Å². The number of nitrogens with zero attached hydrogens (tertiary/aromatic N) is 1. The summed E-state index contributed by atoms with van der Waals surface area (Å²) in [6.45, 7) is 3.94. The van der Waals surface area contributed by atoms with Crippen LogP contribution in [0, 0.1) is 5.41 Å². The molecule has 1 amide bonds. The van der Waals surface area contributed by atoms with E-state index in [1.807, 2.05) is 6.92 Å². The molecule has 0 spiro atoms. The fourth-order valence-corrected chi connectivity index (χ4v) is 2.82. The van der Waals surface area contributed by atoms with Crippen molar-refractivity contribution in [3.8, 4) is 0 Å². The van der Waals surface area contributed by atoms with Gasteiger partial charge in [0.25, 0.3) is 10.0 Å². The Hall–Kier alpha value is -0.290. The number of hydrogen-bond acceptors (Lipinski definition) is 3. The zero-order chi connectivity index (χ0) is 11.0. The topological polar surface area (TPSA) is 54.5 Å². The number of alkyl halides is 1. The smallest absolute Gasteiger partial charge is 0.251 e. The van der Waals surface area contributed by atoms with Crippen LogP contribution in [-0.2, 0) is 14.8 Å². The van der Waals surface area contributed by atoms with Crippen LogP contribution in [-0.4, -0.2) is 30.4 Å². The van der Waals surface area contributed by atoms with Crippen LogP contribution in [0.15, 0.2) is 0 Å². The molecule has 14 heavy (non-hydrogen) atoms. The van der Waals surface area contributed by atoms with Crippen molar-refractivity contribution in [1.82, 2.24) is 4.31 Å². The summed E-state index contributed by atoms with van der Waals surface area (Å²) in [6, 6.07) is 0. The summed E-state index contributed by atoms with van der Waals surface area (Å²) in [7, 11) is -3.58. The minimum atomic E-state index is -3.58. The molecule has 1 atom stereocenters. The Kier molecular flexibility index (Phi) is 3.11. The Bertz CT molecular complexity index is 340. The van der Waals surface area contributed by atoms with Crippen LogP contribution in [0.2, 0.25) is 0 Å². The number of hydrogen-bond donors (Lipinski definition) is 0. The fraction of sp³-hybridized carbons (Fsp3) is 0.875. The van der Waals surface area contributed by atoms with Gasteiger partial charge in [0.2, 0.25) is 5.91 Å². The van der Waals surface area contributed by atoms with Crippen molar-refractivity contribution in [2.75, 3.05) is 11.8 Å². The molecule has 0 N–H and O–H groups in total. The van der Waals surface area contributed by atoms with E-state index < -0.39 is 20.7 Å². The SMILES string of the molecule is CCC1(C)CCN(S(=O)(=O)CCl)C1=O. The predicted molar refractivity (Wildman–Crippen MR) is 54.4 cm³/mol. The highest BCUT2D eigenvalue weighted by Crippen LogP contribution is 2.36. The zero-order valence-corrected chi connectivity index (χ0v) is 9.86. The standard InChI is InChI=1S/C8H14ClNO3S/c1-3-8(2)4-5-10(7(8)11)14(12,13)6-9/h3-6H2,1-2H3. The molecule has 0 bridgehead atoms. The maximum absolute atomic E-state index is 11.8. The molecule has 0 aromatic carbocycles. The molecule has 1 saturated heterocycles. The first-order valence-corrected chi connectivity index (χ1v) is 6.62. The Morgan fingerprint density at radius 3 is 2.50 bits per heavy atom. The lowest BCUT2D eigenvalue weighted by atomic mass is 9.86. The normalized spacial score (nSPS) is 28.5. The van der Waals surface area contributed by atoms with Gasteiger partial charge in [0.1, 0.15) is 5.21 Å². The highest BCUT2D eigenvalue weighted by atomic mass is 35.5. The molecule has 82 valence electrons. The minimum absolute atomic E-state index is 0.262. The van der Waals surface area contributed by atoms with Gasteiger partial charge in [0.05, 0.1) is 0 Å². The van der Waals surface area contributed by atoms with Gasteiger partial charge in [0.15, 0.2) is 0 Å². The van der Waals surface area contributed by atoms with Crippen molar-refractivity contribution >= 4 is 27.5 Å². The molecular weight excluding hydrogens is 226 g/mol. The molecule has 1 unspecified atom stereocenters. The van der Waals surface area contributed by atoms with Gasteiger partial charge in [0, 0.05) is 12.0 Å². The first-order chi connectivity index (χ1) is 6.37. The van der Waals surface area contributed by atoms with E-state index in [-0.39, 0.29) is 12.5 Å². The van der Waals surface area contributed by atoms with Crippen molar-refractivity contribution in [2.45, 2.75) is 26.7 Å². The largest absolute Gasteiger partial charge is 0.273 e. The molecule has 1 aliphatic rings. The third-order valence-electron chi connectivity index (χ3n) is 2.86. The molecule has 0 aromatic rings. The van der Waals surface area contributed by atoms with Crippen LogP contribution in [0.5, 0.6) is 0 Å². The van der Waals surface area contributed by atoms with Gasteiger partial charge in [-0.25, -0.2) is 12.7 Å². The van der Waals surface area contributed by atoms with Crippen molar-refractivity contribution < 1.29 is 13.2 Å². The first kappa shape index (κ1) is 11.8. The van der Waals surface area contributed by atoms with Gasteiger partial charge in [-0.15, -0.1) is 11.6 Å². The summed E-state index contributed by atoms with van der Waals surface area (Å²) in [6.07, 6.45) is 1.23. The summed E-state index contributed by atoms with van der Waals surface area (Å²) < 4.78 is 23.7. The second kappa shape index (κ2) is 3.70. The van der Waals surface area contributed by atoms with E-state index >= 15 is 0 Å². The second-order valence-electron chi connectivity index (χ2n) is 3.76. The summed E-state index contributed by atoms with van der Waals surface area (Å²) in [4.78, 5) is 11.8. The molecule has 1 fully saturated rings. The minimum Gasteiger partial charge on any atom is -0.273 e. The lowest BCUT2D eigenvalue weighted by Gasteiger charge is -2.20. The summed E-state index contributed by atoms with van der Waals surface area (Å²) in [5, 5.41) is -0.529. The molecule has 6 heteroatoms. The summed E-state index contributed by atoms with van der Waals surface area (Å²) in [5.74, 6) is -0.319. The highest BCUT2D eigenvalue weighted by Gasteiger charge is 2.45. The van der Waals surface area contributed by atoms with Crippen LogP contribution in [0.3, 0.4) is 0 Å². The molecule has 0 aliphatic carbocycles. The Morgan fingerprint density at radius 2 is 2.14 bits per heavy atom. The van der Waals surface area contributed by atoms with Crippen LogP contribution in [0.25, 0.3) is 0 Å². The fourth-order valence-electron chi connectivity index (χ4n) is 1.51. The maximum Gasteiger partial charge on any atom is 0.251 e. The van der Waals surface area contributed by atoms with E-state index in [0.29, 0.717) is 12.8 Å². The number of carbonyl (C=O) groups excluding carboxylic acids is 1. The molecule has 1 heterocycles. The van der Waals surface area contributed by atoms with Crippen LogP contribution < -0.4 is 0 Å². The van der Waals surface area contributed by atoms with Crippen molar-refractivity contribution in [3.05, 3.63) is 0 Å². The Labute approximate surface area is 89.3 Å². The molecule has 1 aliphatic heterocycles. The van der Waals surface area contributed by atoms with Gasteiger partial charge >= 0.3 is 0 Å². The van der Waals surface area contributed by atoms with E-state index in [9.17, 15) is 13.2 Å². The van der Waals surface area contributed by atoms with E-state index in [2.05, 4.69) is 0 Å². The predicted octanol–water partition coefficient (Wildman–Crippen LogP) is 1.16. The third kappa shape index (κ3) is 1.75. The lowest BCUT2D eigenvalue weighted by molar-refractivity contribution is -0.131. The number of halogens is 1. The number of rotatable bonds is 3. The molecule has 0 aromatic heterocycles. The van der Waals surface area contributed by atoms with Crippen molar-refractivity contribution in [3.63, 3.8) is 0 Å². The Balaban J connectivity index is 2.96. The third-order valence-corrected chi connectivity index (χ3v) is 4.99. The molecule has 0 saturated carbocycles. The number of sulfonamides is 1. The van der Waals surface area contributed by atoms with E-state index in [1.165, 1.54) is 0 Å². The molecular formula is C8H14ClNO3S. The van der Waals surface area contributed by atoms with Gasteiger partial charge in [-0.2, -0.15) is 0 Å².